The minimum absolute atomic E-state index is 0.138. The van der Waals surface area contributed by atoms with Crippen LogP contribution in [0.2, 0.25) is 0 Å². The normalized spacial score (nSPS) is 11.2. The quantitative estimate of drug-likeness (QED) is 0.281. The third kappa shape index (κ3) is 2.99. The van der Waals surface area contributed by atoms with Gasteiger partial charge in [0.2, 0.25) is 11.5 Å². The van der Waals surface area contributed by atoms with E-state index in [0.29, 0.717) is 34.4 Å². The number of allylic oxidation sites excluding steroid dienone is 1. The number of thioether (sulfide) groups is 1. The Morgan fingerprint density at radius 1 is 1.29 bits per heavy atom. The maximum Gasteiger partial charge on any atom is 0.373 e. The number of benzene rings is 1. The van der Waals surface area contributed by atoms with E-state index in [4.69, 9.17) is 4.42 Å². The zero-order chi connectivity index (χ0) is 19.7. The number of fused-ring (bicyclic) bond motifs is 3. The molecule has 0 aliphatic rings. The summed E-state index contributed by atoms with van der Waals surface area (Å²) in [6.07, 6.45) is 1.65. The van der Waals surface area contributed by atoms with Gasteiger partial charge in [-0.3, -0.25) is 13.8 Å². The lowest BCUT2D eigenvalue weighted by Crippen LogP contribution is -2.22. The number of rotatable bonds is 6. The van der Waals surface area contributed by atoms with Crippen molar-refractivity contribution in [3.05, 3.63) is 70.9 Å². The van der Waals surface area contributed by atoms with E-state index in [0.717, 1.165) is 5.52 Å². The molecule has 28 heavy (non-hydrogen) atoms. The lowest BCUT2D eigenvalue weighted by atomic mass is 10.2. The van der Waals surface area contributed by atoms with Gasteiger partial charge >= 0.3 is 5.97 Å². The molecule has 0 bridgehead atoms. The van der Waals surface area contributed by atoms with Gasteiger partial charge in [0.1, 0.15) is 5.76 Å². The van der Waals surface area contributed by atoms with Crippen LogP contribution in [0.15, 0.2) is 63.4 Å². The number of carbonyl (C=O) groups is 1. The predicted octanol–water partition coefficient (Wildman–Crippen LogP) is 2.90. The van der Waals surface area contributed by atoms with Gasteiger partial charge in [0, 0.05) is 6.54 Å². The summed E-state index contributed by atoms with van der Waals surface area (Å²) in [5.74, 6) is 1.11. The highest BCUT2D eigenvalue weighted by Gasteiger charge is 2.17. The lowest BCUT2D eigenvalue weighted by molar-refractivity contribution is 0.0563. The monoisotopic (exact) mass is 396 g/mol. The van der Waals surface area contributed by atoms with Crippen LogP contribution in [0.1, 0.15) is 16.3 Å². The third-order valence-corrected chi connectivity index (χ3v) is 5.13. The molecule has 0 N–H and O–H groups in total. The Hall–Kier alpha value is -3.33. The number of aromatic nitrogens is 4. The van der Waals surface area contributed by atoms with Crippen molar-refractivity contribution in [1.82, 2.24) is 19.2 Å². The first-order chi connectivity index (χ1) is 13.6. The van der Waals surface area contributed by atoms with Gasteiger partial charge in [-0.2, -0.15) is 0 Å². The summed E-state index contributed by atoms with van der Waals surface area (Å²) in [6.45, 7) is 4.05. The Bertz CT molecular complexity index is 1250. The van der Waals surface area contributed by atoms with E-state index in [1.165, 1.54) is 23.4 Å². The molecule has 0 spiro atoms. The topological polar surface area (TPSA) is 91.6 Å². The van der Waals surface area contributed by atoms with Gasteiger partial charge in [0.15, 0.2) is 5.16 Å². The number of nitrogens with zero attached hydrogens (tertiary/aromatic N) is 4. The summed E-state index contributed by atoms with van der Waals surface area (Å²) in [4.78, 5) is 24.3. The number of methoxy groups -OCH3 is 1. The largest absolute Gasteiger partial charge is 0.463 e. The summed E-state index contributed by atoms with van der Waals surface area (Å²) in [5.41, 5.74) is 0.589. The Morgan fingerprint density at radius 2 is 2.11 bits per heavy atom. The van der Waals surface area contributed by atoms with Gasteiger partial charge in [-0.05, 0) is 24.3 Å². The van der Waals surface area contributed by atoms with Gasteiger partial charge in [-0.25, -0.2) is 4.79 Å². The van der Waals surface area contributed by atoms with Crippen LogP contribution in [0.3, 0.4) is 0 Å². The highest BCUT2D eigenvalue weighted by molar-refractivity contribution is 7.98. The van der Waals surface area contributed by atoms with Gasteiger partial charge in [-0.15, -0.1) is 16.8 Å². The van der Waals surface area contributed by atoms with Crippen LogP contribution in [0, 0.1) is 0 Å². The molecule has 0 atom stereocenters. The van der Waals surface area contributed by atoms with Crippen molar-refractivity contribution in [2.45, 2.75) is 17.5 Å². The van der Waals surface area contributed by atoms with Crippen LogP contribution in [-0.4, -0.2) is 32.2 Å². The zero-order valence-electron chi connectivity index (χ0n) is 15.0. The van der Waals surface area contributed by atoms with E-state index in [9.17, 15) is 9.59 Å². The van der Waals surface area contributed by atoms with Crippen LogP contribution in [-0.2, 0) is 17.0 Å². The molecule has 0 aliphatic carbocycles. The average molecular weight is 396 g/mol. The molecule has 4 rings (SSSR count). The van der Waals surface area contributed by atoms with Crippen LogP contribution < -0.4 is 5.56 Å². The minimum Gasteiger partial charge on any atom is -0.463 e. The molecule has 0 radical (unpaired) electrons. The molecule has 0 aliphatic heterocycles. The fraction of sp³-hybridized carbons (Fsp3) is 0.158. The van der Waals surface area contributed by atoms with Crippen molar-refractivity contribution in [1.29, 1.82) is 0 Å². The Morgan fingerprint density at radius 3 is 2.89 bits per heavy atom. The minimum atomic E-state index is -0.524. The summed E-state index contributed by atoms with van der Waals surface area (Å²) in [6, 6.07) is 10.6. The molecule has 0 amide bonds. The molecule has 3 heterocycles. The molecule has 0 saturated carbocycles. The molecule has 0 saturated heterocycles. The van der Waals surface area contributed by atoms with Crippen molar-refractivity contribution < 1.29 is 13.9 Å². The van der Waals surface area contributed by atoms with E-state index >= 15 is 0 Å². The molecule has 0 unspecified atom stereocenters. The molecule has 9 heteroatoms. The first-order valence-corrected chi connectivity index (χ1v) is 9.40. The Labute approximate surface area is 163 Å². The van der Waals surface area contributed by atoms with Gasteiger partial charge in [0.25, 0.3) is 5.56 Å². The molecular weight excluding hydrogens is 380 g/mol. The average Bonchev–Trinajstić information content (AvgIpc) is 3.36. The first kappa shape index (κ1) is 18.1. The van der Waals surface area contributed by atoms with Crippen LogP contribution in [0.25, 0.3) is 16.7 Å². The number of carbonyl (C=O) groups excluding carboxylic acids is 1. The molecule has 4 aromatic rings. The van der Waals surface area contributed by atoms with Crippen LogP contribution in [0.5, 0.6) is 0 Å². The molecule has 8 nitrogen and oxygen atoms in total. The van der Waals surface area contributed by atoms with Gasteiger partial charge in [0.05, 0.1) is 23.8 Å². The molecular formula is C19H16N4O4S. The summed E-state index contributed by atoms with van der Waals surface area (Å²) >= 11 is 1.39. The molecule has 0 fully saturated rings. The molecule has 3 aromatic heterocycles. The van der Waals surface area contributed by atoms with E-state index in [2.05, 4.69) is 21.5 Å². The summed E-state index contributed by atoms with van der Waals surface area (Å²) < 4.78 is 13.5. The Balaban J connectivity index is 1.76. The Kier molecular flexibility index (Phi) is 4.74. The first-order valence-electron chi connectivity index (χ1n) is 8.41. The second kappa shape index (κ2) is 7.35. The SMILES string of the molecule is C=CCn1c(=O)c2ccccc2n2c(SCc3ccc(C(=O)OC)o3)nnc12. The van der Waals surface area contributed by atoms with E-state index in [1.54, 1.807) is 24.3 Å². The van der Waals surface area contributed by atoms with Crippen molar-refractivity contribution in [3.63, 3.8) is 0 Å². The number of para-hydroxylation sites is 1. The number of hydrogen-bond donors (Lipinski definition) is 0. The highest BCUT2D eigenvalue weighted by Crippen LogP contribution is 2.25. The predicted molar refractivity (Wildman–Crippen MR) is 105 cm³/mol. The van der Waals surface area contributed by atoms with E-state index in [-0.39, 0.29) is 11.3 Å². The van der Waals surface area contributed by atoms with Crippen molar-refractivity contribution in [2.75, 3.05) is 7.11 Å². The van der Waals surface area contributed by atoms with Crippen molar-refractivity contribution in [2.24, 2.45) is 0 Å². The third-order valence-electron chi connectivity index (χ3n) is 4.18. The van der Waals surface area contributed by atoms with Crippen molar-refractivity contribution in [3.8, 4) is 0 Å². The fourth-order valence-electron chi connectivity index (χ4n) is 2.92. The second-order valence-corrected chi connectivity index (χ2v) is 6.83. The van der Waals surface area contributed by atoms with Crippen molar-refractivity contribution >= 4 is 34.4 Å². The maximum atomic E-state index is 12.8. The summed E-state index contributed by atoms with van der Waals surface area (Å²) in [5, 5.41) is 9.65. The highest BCUT2D eigenvalue weighted by atomic mass is 32.2. The standard InChI is InChI=1S/C19H16N4O4S/c1-3-10-22-16(24)13-6-4-5-7-14(13)23-18(22)20-21-19(23)28-11-12-8-9-15(27-12)17(25)26-2/h3-9H,1,10-11H2,2H3. The number of esters is 1. The van der Waals surface area contributed by atoms with Gasteiger partial charge in [-0.1, -0.05) is 30.0 Å². The molecule has 142 valence electrons. The second-order valence-electron chi connectivity index (χ2n) is 5.89. The molecule has 1 aromatic carbocycles. The maximum absolute atomic E-state index is 12.8. The van der Waals surface area contributed by atoms with E-state index < -0.39 is 5.97 Å². The zero-order valence-corrected chi connectivity index (χ0v) is 15.8. The smallest absolute Gasteiger partial charge is 0.373 e. The lowest BCUT2D eigenvalue weighted by Gasteiger charge is -2.09. The number of ether oxygens (including phenoxy) is 1. The fourth-order valence-corrected chi connectivity index (χ4v) is 3.76. The van der Waals surface area contributed by atoms with Crippen LogP contribution in [0.4, 0.5) is 0 Å². The van der Waals surface area contributed by atoms with Crippen LogP contribution >= 0.6 is 11.8 Å². The van der Waals surface area contributed by atoms with E-state index in [1.807, 2.05) is 22.6 Å². The summed E-state index contributed by atoms with van der Waals surface area (Å²) in [7, 11) is 1.30. The van der Waals surface area contributed by atoms with Gasteiger partial charge < -0.3 is 9.15 Å². The number of hydrogen-bond acceptors (Lipinski definition) is 7. The number of furan rings is 1.